The number of nitriles is 1. The van der Waals surface area contributed by atoms with Crippen LogP contribution in [0.15, 0.2) is 54.6 Å². The molecule has 9 nitrogen and oxygen atoms in total. The molecule has 0 aromatic heterocycles. The van der Waals surface area contributed by atoms with Gasteiger partial charge in [-0.3, -0.25) is 4.79 Å². The van der Waals surface area contributed by atoms with E-state index in [1.807, 2.05) is 36.4 Å². The van der Waals surface area contributed by atoms with E-state index in [0.29, 0.717) is 5.56 Å². The number of esters is 1. The Morgan fingerprint density at radius 1 is 1.14 bits per heavy atom. The topological polar surface area (TPSA) is 138 Å². The van der Waals surface area contributed by atoms with Crippen molar-refractivity contribution >= 4 is 24.1 Å². The number of carbonyl (C=O) groups is 3. The minimum Gasteiger partial charge on any atom is -0.545 e. The molecule has 0 aliphatic carbocycles. The van der Waals surface area contributed by atoms with Gasteiger partial charge < -0.3 is 29.4 Å². The summed E-state index contributed by atoms with van der Waals surface area (Å²) >= 11 is 0. The average Bonchev–Trinajstić information content (AvgIpc) is 2.79. The molecule has 0 spiro atoms. The van der Waals surface area contributed by atoms with Gasteiger partial charge in [-0.1, -0.05) is 30.3 Å². The first-order valence-corrected chi connectivity index (χ1v) is 10.8. The van der Waals surface area contributed by atoms with Gasteiger partial charge in [0.25, 0.3) is 0 Å². The van der Waals surface area contributed by atoms with Crippen LogP contribution in [0.25, 0.3) is 6.08 Å². The lowest BCUT2D eigenvalue weighted by Crippen LogP contribution is -2.43. The normalized spacial score (nSPS) is 11.8. The van der Waals surface area contributed by atoms with Crippen molar-refractivity contribution in [2.75, 3.05) is 6.61 Å². The van der Waals surface area contributed by atoms with Crippen molar-refractivity contribution < 1.29 is 33.7 Å². The molecule has 0 heterocycles. The number of carboxylic acids is 1. The Morgan fingerprint density at radius 3 is 2.49 bits per heavy atom. The van der Waals surface area contributed by atoms with Gasteiger partial charge in [-0.15, -0.1) is 0 Å². The number of rotatable bonds is 10. The monoisotopic (exact) mass is 479 g/mol. The first kappa shape index (κ1) is 26.9. The van der Waals surface area contributed by atoms with E-state index in [-0.39, 0.29) is 30.9 Å². The Morgan fingerprint density at radius 2 is 1.86 bits per heavy atom. The van der Waals surface area contributed by atoms with Crippen LogP contribution in [0.5, 0.6) is 5.75 Å². The Balaban J connectivity index is 2.14. The van der Waals surface area contributed by atoms with Crippen molar-refractivity contribution in [1.82, 2.24) is 5.32 Å². The summed E-state index contributed by atoms with van der Waals surface area (Å²) < 4.78 is 16.4. The summed E-state index contributed by atoms with van der Waals surface area (Å²) in [6.07, 6.45) is 1.13. The van der Waals surface area contributed by atoms with Gasteiger partial charge in [0.15, 0.2) is 0 Å². The first-order chi connectivity index (χ1) is 16.6. The second-order valence-corrected chi connectivity index (χ2v) is 8.52. The van der Waals surface area contributed by atoms with Gasteiger partial charge in [-0.2, -0.15) is 5.26 Å². The number of hydrogen-bond acceptors (Lipinski definition) is 8. The maximum atomic E-state index is 12.5. The summed E-state index contributed by atoms with van der Waals surface area (Å²) in [6, 6.07) is 14.7. The molecule has 0 saturated carbocycles. The molecule has 1 unspecified atom stereocenters. The summed E-state index contributed by atoms with van der Waals surface area (Å²) in [7, 11) is 0. The molecule has 0 aliphatic rings. The number of amides is 1. The predicted molar refractivity (Wildman–Crippen MR) is 125 cm³/mol. The van der Waals surface area contributed by atoms with E-state index in [9.17, 15) is 24.8 Å². The Kier molecular flexibility index (Phi) is 9.84. The molecule has 0 radical (unpaired) electrons. The predicted octanol–water partition coefficient (Wildman–Crippen LogP) is 2.73. The fourth-order valence-corrected chi connectivity index (χ4v) is 2.84. The maximum absolute atomic E-state index is 12.5. The molecule has 0 bridgehead atoms. The third-order valence-corrected chi connectivity index (χ3v) is 4.36. The Labute approximate surface area is 203 Å². The van der Waals surface area contributed by atoms with Crippen LogP contribution in [0.2, 0.25) is 0 Å². The minimum absolute atomic E-state index is 0.0715. The van der Waals surface area contributed by atoms with Crippen LogP contribution in [0.1, 0.15) is 43.9 Å². The number of nitrogens with one attached hydrogen (secondary N) is 1. The zero-order valence-electron chi connectivity index (χ0n) is 19.8. The van der Waals surface area contributed by atoms with Crippen LogP contribution in [0.3, 0.4) is 0 Å². The fourth-order valence-electron chi connectivity index (χ4n) is 2.84. The molecule has 0 aliphatic heterocycles. The number of hydrogen-bond donors (Lipinski definition) is 1. The molecular formula is C26H27N2O7-. The Hall–Kier alpha value is -4.32. The van der Waals surface area contributed by atoms with Gasteiger partial charge >= 0.3 is 12.1 Å². The van der Waals surface area contributed by atoms with Gasteiger partial charge in [0.2, 0.25) is 0 Å². The van der Waals surface area contributed by atoms with Gasteiger partial charge in [0.1, 0.15) is 24.6 Å². The summed E-state index contributed by atoms with van der Waals surface area (Å²) in [5.41, 5.74) is 0.708. The molecular weight excluding hydrogens is 452 g/mol. The van der Waals surface area contributed by atoms with E-state index in [1.54, 1.807) is 20.8 Å². The third-order valence-electron chi connectivity index (χ3n) is 4.36. The molecule has 35 heavy (non-hydrogen) atoms. The SMILES string of the molecule is CC(C)(C)OC(=O)NC(COc1cc(C#N)ccc1/C=C/C(=O)[O-])CC(=O)OCc1ccccc1. The smallest absolute Gasteiger partial charge is 0.408 e. The second-order valence-electron chi connectivity index (χ2n) is 8.52. The summed E-state index contributed by atoms with van der Waals surface area (Å²) in [6.45, 7) is 5.00. The summed E-state index contributed by atoms with van der Waals surface area (Å²) in [4.78, 5) is 35.6. The third kappa shape index (κ3) is 10.4. The van der Waals surface area contributed by atoms with Crippen LogP contribution in [0.4, 0.5) is 4.79 Å². The maximum Gasteiger partial charge on any atom is 0.408 e. The number of carbonyl (C=O) groups excluding carboxylic acids is 3. The van der Waals surface area contributed by atoms with Crippen LogP contribution in [0, 0.1) is 11.3 Å². The van der Waals surface area contributed by atoms with Gasteiger partial charge in [-0.05, 0) is 56.7 Å². The molecule has 1 atom stereocenters. The zero-order chi connectivity index (χ0) is 25.8. The van der Waals surface area contributed by atoms with E-state index >= 15 is 0 Å². The molecule has 0 fully saturated rings. The van der Waals surface area contributed by atoms with Crippen molar-refractivity contribution in [3.63, 3.8) is 0 Å². The van der Waals surface area contributed by atoms with E-state index < -0.39 is 29.7 Å². The standard InChI is InChI=1S/C26H28N2O7/c1-26(2,3)35-25(32)28-21(14-24(31)34-16-18-7-5-4-6-8-18)17-33-22-13-19(15-27)9-10-20(22)11-12-23(29)30/h4-13,21H,14,16-17H2,1-3H3,(H,28,32)(H,29,30)/p-1/b12-11+. The largest absolute Gasteiger partial charge is 0.545 e. The van der Waals surface area contributed by atoms with E-state index in [0.717, 1.165) is 11.6 Å². The second kappa shape index (κ2) is 12.8. The number of aliphatic carboxylic acids is 1. The summed E-state index contributed by atoms with van der Waals surface area (Å²) in [5.74, 6) is -1.78. The number of alkyl carbamates (subject to hydrolysis) is 1. The van der Waals surface area contributed by atoms with Crippen molar-refractivity contribution in [2.24, 2.45) is 0 Å². The van der Waals surface area contributed by atoms with Crippen molar-refractivity contribution in [3.05, 3.63) is 71.3 Å². The molecule has 184 valence electrons. The molecule has 2 aromatic rings. The number of carboxylic acid groups (broad SMARTS) is 1. The zero-order valence-corrected chi connectivity index (χ0v) is 19.8. The quantitative estimate of drug-likeness (QED) is 0.406. The number of ether oxygens (including phenoxy) is 3. The average molecular weight is 480 g/mol. The molecule has 2 aromatic carbocycles. The van der Waals surface area contributed by atoms with Crippen molar-refractivity contribution in [2.45, 2.75) is 45.4 Å². The highest BCUT2D eigenvalue weighted by atomic mass is 16.6. The lowest BCUT2D eigenvalue weighted by atomic mass is 10.1. The van der Waals surface area contributed by atoms with Crippen LogP contribution < -0.4 is 15.2 Å². The van der Waals surface area contributed by atoms with E-state index in [2.05, 4.69) is 5.32 Å². The lowest BCUT2D eigenvalue weighted by molar-refractivity contribution is -0.297. The number of nitrogens with zero attached hydrogens (tertiary/aromatic N) is 1. The molecule has 0 saturated heterocycles. The summed E-state index contributed by atoms with van der Waals surface area (Å²) in [5, 5.41) is 22.6. The molecule has 2 rings (SSSR count). The van der Waals surface area contributed by atoms with Crippen molar-refractivity contribution in [1.29, 1.82) is 5.26 Å². The molecule has 1 amide bonds. The highest BCUT2D eigenvalue weighted by Gasteiger charge is 2.23. The van der Waals surface area contributed by atoms with E-state index in [1.165, 1.54) is 24.3 Å². The number of benzene rings is 2. The van der Waals surface area contributed by atoms with Gasteiger partial charge in [-0.25, -0.2) is 4.79 Å². The highest BCUT2D eigenvalue weighted by molar-refractivity contribution is 5.84. The van der Waals surface area contributed by atoms with Crippen molar-refractivity contribution in [3.8, 4) is 11.8 Å². The van der Waals surface area contributed by atoms with Crippen LogP contribution in [-0.4, -0.2) is 36.3 Å². The van der Waals surface area contributed by atoms with Crippen LogP contribution >= 0.6 is 0 Å². The lowest BCUT2D eigenvalue weighted by Gasteiger charge is -2.24. The first-order valence-electron chi connectivity index (χ1n) is 10.8. The molecule has 1 N–H and O–H groups in total. The van der Waals surface area contributed by atoms with E-state index in [4.69, 9.17) is 14.2 Å². The van der Waals surface area contributed by atoms with Gasteiger partial charge in [0, 0.05) is 5.56 Å². The van der Waals surface area contributed by atoms with Crippen LogP contribution in [-0.2, 0) is 25.7 Å². The molecule has 9 heteroatoms. The minimum atomic E-state index is -1.40. The Bertz CT molecular complexity index is 1100. The van der Waals surface area contributed by atoms with Gasteiger partial charge in [0.05, 0.1) is 30.1 Å². The highest BCUT2D eigenvalue weighted by Crippen LogP contribution is 2.22. The fraction of sp³-hybridized carbons (Fsp3) is 0.308.